The van der Waals surface area contributed by atoms with E-state index < -0.39 is 0 Å². The molecule has 140 valence electrons. The highest BCUT2D eigenvalue weighted by molar-refractivity contribution is 14.1. The molecule has 0 bridgehead atoms. The maximum absolute atomic E-state index is 5.56. The van der Waals surface area contributed by atoms with E-state index in [9.17, 15) is 0 Å². The first-order valence-corrected chi connectivity index (χ1v) is 10.5. The second-order valence-corrected chi connectivity index (χ2v) is 8.73. The van der Waals surface area contributed by atoms with Crippen LogP contribution in [0.3, 0.4) is 0 Å². The van der Waals surface area contributed by atoms with Crippen molar-refractivity contribution in [2.45, 2.75) is 26.3 Å². The Morgan fingerprint density at radius 3 is 2.74 bits per heavy atom. The lowest BCUT2D eigenvalue weighted by molar-refractivity contribution is 0.174. The van der Waals surface area contributed by atoms with Gasteiger partial charge in [0.1, 0.15) is 0 Å². The number of aromatic nitrogens is 2. The number of nitrogens with zero attached hydrogens (tertiary/aromatic N) is 3. The molecule has 0 aliphatic carbocycles. The third-order valence-corrected chi connectivity index (χ3v) is 6.21. The molecular formula is C21H22IN3O2. The molecular weight excluding hydrogens is 453 g/mol. The quantitative estimate of drug-likeness (QED) is 0.517. The fourth-order valence-corrected chi connectivity index (χ4v) is 4.39. The van der Waals surface area contributed by atoms with Gasteiger partial charge in [0.05, 0.1) is 17.6 Å². The third-order valence-electron chi connectivity index (χ3n) is 5.53. The summed E-state index contributed by atoms with van der Waals surface area (Å²) in [5.41, 5.74) is 3.45. The number of anilines is 1. The maximum atomic E-state index is 5.56. The number of imidazole rings is 1. The van der Waals surface area contributed by atoms with E-state index in [2.05, 4.69) is 69.3 Å². The monoisotopic (exact) mass is 475 g/mol. The van der Waals surface area contributed by atoms with Crippen LogP contribution in [0.2, 0.25) is 0 Å². The predicted octanol–water partition coefficient (Wildman–Crippen LogP) is 4.65. The zero-order valence-electron chi connectivity index (χ0n) is 15.3. The minimum atomic E-state index is 0.308. The van der Waals surface area contributed by atoms with Crippen LogP contribution in [0.1, 0.15) is 25.3 Å². The largest absolute Gasteiger partial charge is 0.454 e. The van der Waals surface area contributed by atoms with Crippen molar-refractivity contribution in [1.82, 2.24) is 9.55 Å². The Morgan fingerprint density at radius 2 is 1.89 bits per heavy atom. The van der Waals surface area contributed by atoms with Gasteiger partial charge in [0.2, 0.25) is 12.7 Å². The summed E-state index contributed by atoms with van der Waals surface area (Å²) in [7, 11) is 0. The van der Waals surface area contributed by atoms with Gasteiger partial charge >= 0.3 is 0 Å². The third kappa shape index (κ3) is 3.24. The number of rotatable bonds is 3. The van der Waals surface area contributed by atoms with Crippen LogP contribution in [-0.4, -0.2) is 29.4 Å². The van der Waals surface area contributed by atoms with Crippen molar-refractivity contribution >= 4 is 39.6 Å². The topological polar surface area (TPSA) is 39.5 Å². The highest BCUT2D eigenvalue weighted by atomic mass is 127. The molecule has 0 N–H and O–H groups in total. The van der Waals surface area contributed by atoms with Crippen LogP contribution < -0.4 is 14.4 Å². The summed E-state index contributed by atoms with van der Waals surface area (Å²) < 4.78 is 14.6. The first kappa shape index (κ1) is 17.2. The molecule has 27 heavy (non-hydrogen) atoms. The summed E-state index contributed by atoms with van der Waals surface area (Å²) in [4.78, 5) is 7.45. The van der Waals surface area contributed by atoms with Crippen molar-refractivity contribution in [3.8, 4) is 11.5 Å². The van der Waals surface area contributed by atoms with Gasteiger partial charge in [0, 0.05) is 16.7 Å². The lowest BCUT2D eigenvalue weighted by atomic mass is 10.00. The molecule has 3 heterocycles. The van der Waals surface area contributed by atoms with Crippen molar-refractivity contribution in [3.05, 3.63) is 45.5 Å². The van der Waals surface area contributed by atoms with E-state index in [1.807, 2.05) is 6.07 Å². The van der Waals surface area contributed by atoms with Crippen LogP contribution in [0, 0.1) is 9.49 Å². The molecule has 2 aromatic carbocycles. The Labute approximate surface area is 172 Å². The highest BCUT2D eigenvalue weighted by Gasteiger charge is 2.22. The molecule has 5 rings (SSSR count). The molecule has 2 aliphatic heterocycles. The van der Waals surface area contributed by atoms with Crippen molar-refractivity contribution in [2.75, 3.05) is 24.8 Å². The van der Waals surface area contributed by atoms with Gasteiger partial charge in [-0.1, -0.05) is 13.0 Å². The van der Waals surface area contributed by atoms with E-state index in [-0.39, 0.29) is 0 Å². The van der Waals surface area contributed by atoms with E-state index in [4.69, 9.17) is 14.5 Å². The Morgan fingerprint density at radius 1 is 1.07 bits per heavy atom. The Bertz CT molecular complexity index is 993. The summed E-state index contributed by atoms with van der Waals surface area (Å²) in [5.74, 6) is 3.54. The highest BCUT2D eigenvalue weighted by Crippen LogP contribution is 2.34. The van der Waals surface area contributed by atoms with Crippen LogP contribution >= 0.6 is 22.6 Å². The van der Waals surface area contributed by atoms with Crippen molar-refractivity contribution in [2.24, 2.45) is 5.92 Å². The lowest BCUT2D eigenvalue weighted by Crippen LogP contribution is -2.34. The predicted molar refractivity (Wildman–Crippen MR) is 115 cm³/mol. The van der Waals surface area contributed by atoms with Gasteiger partial charge in [-0.25, -0.2) is 4.98 Å². The summed E-state index contributed by atoms with van der Waals surface area (Å²) in [6.07, 6.45) is 2.45. The number of benzene rings is 2. The van der Waals surface area contributed by atoms with E-state index >= 15 is 0 Å². The van der Waals surface area contributed by atoms with Gasteiger partial charge in [-0.15, -0.1) is 0 Å². The summed E-state index contributed by atoms with van der Waals surface area (Å²) in [5, 5.41) is 0. The van der Waals surface area contributed by atoms with E-state index in [0.717, 1.165) is 48.5 Å². The van der Waals surface area contributed by atoms with Crippen LogP contribution in [0.5, 0.6) is 11.5 Å². The Hall–Kier alpha value is -1.96. The van der Waals surface area contributed by atoms with Crippen LogP contribution in [0.4, 0.5) is 5.95 Å². The SMILES string of the molecule is CC1CCN(c2nc3ccc(I)cc3n2Cc2ccc3c(c2)OCO3)CC1. The standard InChI is InChI=1S/C21H22IN3O2/c1-14-6-8-24(9-7-14)21-23-17-4-3-16(22)11-18(17)25(21)12-15-2-5-19-20(10-15)27-13-26-19/h2-5,10-11,14H,6-9,12-13H2,1H3. The van der Waals surface area contributed by atoms with E-state index in [0.29, 0.717) is 6.79 Å². The van der Waals surface area contributed by atoms with E-state index in [1.165, 1.54) is 27.5 Å². The van der Waals surface area contributed by atoms with Gasteiger partial charge in [-0.3, -0.25) is 0 Å². The van der Waals surface area contributed by atoms with Crippen molar-refractivity contribution < 1.29 is 9.47 Å². The fourth-order valence-electron chi connectivity index (χ4n) is 3.91. The fraction of sp³-hybridized carbons (Fsp3) is 0.381. The molecule has 0 radical (unpaired) electrons. The number of halogens is 1. The molecule has 0 amide bonds. The average Bonchev–Trinajstić information content (AvgIpc) is 3.27. The molecule has 3 aromatic rings. The smallest absolute Gasteiger partial charge is 0.231 e. The van der Waals surface area contributed by atoms with Gasteiger partial charge in [-0.05, 0) is 77.2 Å². The summed E-state index contributed by atoms with van der Waals surface area (Å²) >= 11 is 2.37. The molecule has 5 nitrogen and oxygen atoms in total. The lowest BCUT2D eigenvalue weighted by Gasteiger charge is -2.31. The molecule has 0 saturated carbocycles. The molecule has 1 fully saturated rings. The first-order chi connectivity index (χ1) is 13.2. The number of fused-ring (bicyclic) bond motifs is 2. The minimum Gasteiger partial charge on any atom is -0.454 e. The van der Waals surface area contributed by atoms with Crippen LogP contribution in [0.15, 0.2) is 36.4 Å². The van der Waals surface area contributed by atoms with Crippen molar-refractivity contribution in [3.63, 3.8) is 0 Å². The number of piperidine rings is 1. The molecule has 0 unspecified atom stereocenters. The molecule has 0 atom stereocenters. The van der Waals surface area contributed by atoms with Gasteiger partial charge in [0.15, 0.2) is 11.5 Å². The molecule has 1 saturated heterocycles. The average molecular weight is 475 g/mol. The number of ether oxygens (including phenoxy) is 2. The molecule has 6 heteroatoms. The zero-order chi connectivity index (χ0) is 18.4. The Balaban J connectivity index is 1.56. The van der Waals surface area contributed by atoms with Crippen LogP contribution in [-0.2, 0) is 6.54 Å². The first-order valence-electron chi connectivity index (χ1n) is 9.46. The van der Waals surface area contributed by atoms with Crippen molar-refractivity contribution in [1.29, 1.82) is 0 Å². The molecule has 2 aliphatic rings. The number of hydrogen-bond acceptors (Lipinski definition) is 4. The number of hydrogen-bond donors (Lipinski definition) is 0. The second kappa shape index (κ2) is 6.89. The summed E-state index contributed by atoms with van der Waals surface area (Å²) in [6.45, 7) is 5.57. The van der Waals surface area contributed by atoms with Gasteiger partial charge in [0.25, 0.3) is 0 Å². The normalized spacial score (nSPS) is 17.0. The second-order valence-electron chi connectivity index (χ2n) is 7.49. The maximum Gasteiger partial charge on any atom is 0.231 e. The van der Waals surface area contributed by atoms with Gasteiger partial charge in [-0.2, -0.15) is 0 Å². The summed E-state index contributed by atoms with van der Waals surface area (Å²) in [6, 6.07) is 12.7. The Kier molecular flexibility index (Phi) is 4.38. The van der Waals surface area contributed by atoms with E-state index in [1.54, 1.807) is 0 Å². The minimum absolute atomic E-state index is 0.308. The molecule has 1 aromatic heterocycles. The van der Waals surface area contributed by atoms with Gasteiger partial charge < -0.3 is 18.9 Å². The molecule has 0 spiro atoms. The van der Waals surface area contributed by atoms with Crippen LogP contribution in [0.25, 0.3) is 11.0 Å². The zero-order valence-corrected chi connectivity index (χ0v) is 17.5.